The Kier molecular flexibility index (Phi) is 11.5. The van der Waals surface area contributed by atoms with E-state index in [9.17, 15) is 14.3 Å². The van der Waals surface area contributed by atoms with Crippen LogP contribution in [0, 0.1) is 17.2 Å². The van der Waals surface area contributed by atoms with Crippen LogP contribution in [0.25, 0.3) is 0 Å². The topological polar surface area (TPSA) is 107 Å². The van der Waals surface area contributed by atoms with Gasteiger partial charge in [-0.15, -0.1) is 10.2 Å². The monoisotopic (exact) mass is 615 g/mol. The minimum Gasteiger partial charge on any atom is -0.434 e. The van der Waals surface area contributed by atoms with Crippen LogP contribution in [0.5, 0.6) is 11.6 Å². The lowest BCUT2D eigenvalue weighted by Crippen LogP contribution is -2.62. The summed E-state index contributed by atoms with van der Waals surface area (Å²) in [6.45, 7) is 16.2. The number of carbonyl (C=O) groups excluding carboxylic acids is 1. The molecular weight excluding hydrogens is 565 g/mol. The number of methoxy groups -OCH3 is 1. The second-order valence-electron chi connectivity index (χ2n) is 13.0. The number of amides is 1. The molecule has 12 heteroatoms. The van der Waals surface area contributed by atoms with Gasteiger partial charge < -0.3 is 29.3 Å². The molecule has 0 bridgehead atoms. The molecule has 1 spiro atoms. The highest BCUT2D eigenvalue weighted by Gasteiger charge is 2.50. The van der Waals surface area contributed by atoms with Crippen molar-refractivity contribution < 1.29 is 23.8 Å². The number of aromatic nitrogens is 3. The first-order valence-corrected chi connectivity index (χ1v) is 15.8. The van der Waals surface area contributed by atoms with E-state index < -0.39 is 11.9 Å². The largest absolute Gasteiger partial charge is 0.434 e. The molecule has 2 saturated heterocycles. The van der Waals surface area contributed by atoms with Gasteiger partial charge in [-0.1, -0.05) is 13.8 Å². The second kappa shape index (κ2) is 14.9. The van der Waals surface area contributed by atoms with Crippen LogP contribution < -0.4 is 9.64 Å². The van der Waals surface area contributed by atoms with Gasteiger partial charge in [0.25, 0.3) is 11.8 Å². The fourth-order valence-corrected chi connectivity index (χ4v) is 6.62. The number of aliphatic hydroxyl groups excluding tert-OH is 1. The summed E-state index contributed by atoms with van der Waals surface area (Å²) in [7, 11) is 3.70. The molecule has 1 N–H and O–H groups in total. The van der Waals surface area contributed by atoms with E-state index in [-0.39, 0.29) is 34.6 Å². The lowest BCUT2D eigenvalue weighted by molar-refractivity contribution is -0.0484. The molecule has 0 radical (unpaired) electrons. The molecule has 1 aromatic heterocycles. The zero-order valence-corrected chi connectivity index (χ0v) is 27.4. The Hall–Kier alpha value is -2.93. The highest BCUT2D eigenvalue weighted by Crippen LogP contribution is 2.44. The van der Waals surface area contributed by atoms with E-state index in [2.05, 4.69) is 43.7 Å². The number of hydrogen-bond acceptors (Lipinski definition) is 10. The number of likely N-dealkylation sites (tertiary alicyclic amines) is 1. The van der Waals surface area contributed by atoms with Gasteiger partial charge in [0.05, 0.1) is 18.3 Å². The molecule has 1 amide bonds. The maximum Gasteiger partial charge on any atom is 0.282 e. The number of rotatable bonds is 15. The number of hydrogen-bond donors (Lipinski definition) is 1. The van der Waals surface area contributed by atoms with Crippen LogP contribution in [-0.2, 0) is 4.74 Å². The number of ether oxygens (including phenoxy) is 2. The zero-order chi connectivity index (χ0) is 32.0. The van der Waals surface area contributed by atoms with E-state index in [1.807, 2.05) is 27.8 Å². The average molecular weight is 616 g/mol. The molecule has 244 valence electrons. The first-order valence-electron chi connectivity index (χ1n) is 15.8. The number of likely N-dealkylation sites (N-methyl/N-ethyl adjacent to an activating group) is 1. The molecule has 2 aliphatic heterocycles. The predicted molar refractivity (Wildman–Crippen MR) is 168 cm³/mol. The van der Waals surface area contributed by atoms with Crippen molar-refractivity contribution in [3.63, 3.8) is 0 Å². The molecule has 3 heterocycles. The summed E-state index contributed by atoms with van der Waals surface area (Å²) >= 11 is 0. The molecule has 4 rings (SSSR count). The van der Waals surface area contributed by atoms with Crippen molar-refractivity contribution in [2.24, 2.45) is 11.3 Å². The lowest BCUT2D eigenvalue weighted by Gasteiger charge is -2.53. The normalized spacial score (nSPS) is 17.9. The van der Waals surface area contributed by atoms with E-state index >= 15 is 0 Å². The maximum absolute atomic E-state index is 14.3. The molecule has 0 saturated carbocycles. The van der Waals surface area contributed by atoms with E-state index in [0.717, 1.165) is 45.6 Å². The van der Waals surface area contributed by atoms with Crippen LogP contribution in [0.1, 0.15) is 57.8 Å². The van der Waals surface area contributed by atoms with Crippen molar-refractivity contribution in [1.82, 2.24) is 29.9 Å². The number of nitrogens with zero attached hydrogens (tertiary/aromatic N) is 7. The highest BCUT2D eigenvalue weighted by molar-refractivity contribution is 5.97. The summed E-state index contributed by atoms with van der Waals surface area (Å²) in [5, 5.41) is 19.0. The average Bonchev–Trinajstić information content (AvgIpc) is 3.41. The van der Waals surface area contributed by atoms with E-state index in [0.29, 0.717) is 37.5 Å². The lowest BCUT2D eigenvalue weighted by atomic mass is 9.76. The number of halogens is 1. The fraction of sp³-hybridized carbons (Fsp3) is 0.688. The van der Waals surface area contributed by atoms with Gasteiger partial charge in [0.2, 0.25) is 0 Å². The second-order valence-corrected chi connectivity index (χ2v) is 13.0. The number of aliphatic hydroxyl groups is 1. The molecule has 2 aromatic rings. The number of carbonyl (C=O) groups is 1. The van der Waals surface area contributed by atoms with Crippen molar-refractivity contribution >= 4 is 11.7 Å². The molecule has 2 aliphatic rings. The van der Waals surface area contributed by atoms with Crippen molar-refractivity contribution in [1.29, 1.82) is 0 Å². The highest BCUT2D eigenvalue weighted by atomic mass is 19.1. The summed E-state index contributed by atoms with van der Waals surface area (Å²) in [6, 6.07) is 4.18. The zero-order valence-electron chi connectivity index (χ0n) is 27.4. The molecule has 11 nitrogen and oxygen atoms in total. The van der Waals surface area contributed by atoms with Gasteiger partial charge in [-0.25, -0.2) is 9.37 Å². The van der Waals surface area contributed by atoms with E-state index in [4.69, 9.17) is 9.47 Å². The van der Waals surface area contributed by atoms with Gasteiger partial charge in [0.15, 0.2) is 5.82 Å². The third kappa shape index (κ3) is 8.01. The summed E-state index contributed by atoms with van der Waals surface area (Å²) in [5.41, 5.74) is 0.252. The van der Waals surface area contributed by atoms with Crippen molar-refractivity contribution in [3.8, 4) is 11.6 Å². The Morgan fingerprint density at radius 2 is 1.95 bits per heavy atom. The van der Waals surface area contributed by atoms with Crippen molar-refractivity contribution in [2.45, 2.75) is 65.6 Å². The van der Waals surface area contributed by atoms with Crippen LogP contribution in [0.2, 0.25) is 0 Å². The summed E-state index contributed by atoms with van der Waals surface area (Å²) in [4.78, 5) is 26.3. The molecule has 0 aliphatic carbocycles. The Morgan fingerprint density at radius 3 is 2.61 bits per heavy atom. The van der Waals surface area contributed by atoms with E-state index in [1.165, 1.54) is 24.5 Å². The van der Waals surface area contributed by atoms with Gasteiger partial charge in [-0.05, 0) is 64.8 Å². The summed E-state index contributed by atoms with van der Waals surface area (Å²) in [6.07, 6.45) is 2.73. The predicted octanol–water partition coefficient (Wildman–Crippen LogP) is 3.54. The van der Waals surface area contributed by atoms with Crippen LogP contribution >= 0.6 is 0 Å². The Bertz CT molecular complexity index is 1240. The molecule has 44 heavy (non-hydrogen) atoms. The van der Waals surface area contributed by atoms with Gasteiger partial charge in [0, 0.05) is 70.4 Å². The quantitative estimate of drug-likeness (QED) is 0.320. The Morgan fingerprint density at radius 1 is 1.20 bits per heavy atom. The Labute approximate surface area is 261 Å². The third-order valence-corrected chi connectivity index (χ3v) is 8.94. The number of benzene rings is 1. The number of anilines is 1. The van der Waals surface area contributed by atoms with Crippen LogP contribution in [0.15, 0.2) is 24.5 Å². The SMILES string of the molecule is CCN(C(=O)c1cc(F)ccc1Oc1nncnc1N1CCC2(C1)CN([C@@H](C[C@H](O)CN(C)CCOC)C(C)C)C2)C(C)C. The van der Waals surface area contributed by atoms with Crippen molar-refractivity contribution in [2.75, 3.05) is 71.5 Å². The van der Waals surface area contributed by atoms with Gasteiger partial charge >= 0.3 is 0 Å². The van der Waals surface area contributed by atoms with Crippen LogP contribution in [-0.4, -0.2) is 126 Å². The van der Waals surface area contributed by atoms with Crippen molar-refractivity contribution in [3.05, 3.63) is 35.9 Å². The smallest absolute Gasteiger partial charge is 0.282 e. The molecule has 0 unspecified atom stereocenters. The summed E-state index contributed by atoms with van der Waals surface area (Å²) in [5.74, 6) is 0.561. The minimum atomic E-state index is -0.514. The molecule has 2 fully saturated rings. The standard InChI is InChI=1S/C32H50FN7O4/c1-8-40(23(4)5)31(42)26-15-24(33)9-10-28(26)44-30-29(34-21-35-36-30)38-12-11-32(18-38)19-39(20-32)27(22(2)3)16-25(41)17-37(6)13-14-43-7/h9-10,15,21-23,25,27,41H,8,11-14,16-20H2,1-7H3/t25-,27-/m0/s1. The minimum absolute atomic E-state index is 0.0546. The van der Waals surface area contributed by atoms with Gasteiger partial charge in [0.1, 0.15) is 17.9 Å². The first kappa shape index (κ1) is 34.0. The van der Waals surface area contributed by atoms with Gasteiger partial charge in [-0.2, -0.15) is 0 Å². The third-order valence-electron chi connectivity index (χ3n) is 8.94. The van der Waals surface area contributed by atoms with Crippen LogP contribution in [0.4, 0.5) is 10.2 Å². The maximum atomic E-state index is 14.3. The molecular formula is C32H50FN7O4. The fourth-order valence-electron chi connectivity index (χ4n) is 6.62. The summed E-state index contributed by atoms with van der Waals surface area (Å²) < 4.78 is 25.6. The van der Waals surface area contributed by atoms with Gasteiger partial charge in [-0.3, -0.25) is 9.69 Å². The first-order chi connectivity index (χ1) is 21.0. The Balaban J connectivity index is 1.43. The molecule has 2 atom stereocenters. The molecule has 1 aromatic carbocycles. The van der Waals surface area contributed by atoms with Crippen LogP contribution in [0.3, 0.4) is 0 Å². The van der Waals surface area contributed by atoms with E-state index in [1.54, 1.807) is 12.0 Å².